The van der Waals surface area contributed by atoms with E-state index in [4.69, 9.17) is 5.11 Å². The maximum absolute atomic E-state index is 12.0. The van der Waals surface area contributed by atoms with Crippen LogP contribution in [0.1, 0.15) is 42.6 Å². The van der Waals surface area contributed by atoms with Crippen molar-refractivity contribution in [2.75, 3.05) is 6.54 Å². The fraction of sp³-hybridized carbons (Fsp3) is 0.571. The van der Waals surface area contributed by atoms with E-state index in [9.17, 15) is 9.59 Å². The van der Waals surface area contributed by atoms with Crippen LogP contribution in [0.4, 0.5) is 0 Å². The zero-order valence-corrected chi connectivity index (χ0v) is 12.4. The maximum Gasteiger partial charge on any atom is 0.303 e. The Bertz CT molecular complexity index is 440. The molecule has 0 radical (unpaired) electrons. The number of carbonyl (C=O) groups is 2. The number of hydrogen-bond acceptors (Lipinski definition) is 3. The van der Waals surface area contributed by atoms with Gasteiger partial charge in [-0.15, -0.1) is 0 Å². The van der Waals surface area contributed by atoms with Crippen molar-refractivity contribution in [1.29, 1.82) is 0 Å². The minimum atomic E-state index is -0.813. The second kappa shape index (κ2) is 7.28. The van der Waals surface area contributed by atoms with Gasteiger partial charge in [0, 0.05) is 18.3 Å². The monoisotopic (exact) mass is 283 g/mol. The third kappa shape index (κ3) is 5.42. The summed E-state index contributed by atoms with van der Waals surface area (Å²) >= 11 is 1.50. The fourth-order valence-corrected chi connectivity index (χ4v) is 2.91. The summed E-state index contributed by atoms with van der Waals surface area (Å²) < 4.78 is 0. The summed E-state index contributed by atoms with van der Waals surface area (Å²) in [5, 5.41) is 15.5. The van der Waals surface area contributed by atoms with Crippen LogP contribution in [0.25, 0.3) is 0 Å². The van der Waals surface area contributed by atoms with Gasteiger partial charge in [0.05, 0.1) is 5.56 Å². The molecule has 0 bridgehead atoms. The van der Waals surface area contributed by atoms with Crippen molar-refractivity contribution < 1.29 is 14.7 Å². The lowest BCUT2D eigenvalue weighted by atomic mass is 9.94. The van der Waals surface area contributed by atoms with Crippen LogP contribution in [0, 0.1) is 18.8 Å². The largest absolute Gasteiger partial charge is 0.481 e. The minimum absolute atomic E-state index is 0.0135. The molecule has 0 aromatic carbocycles. The van der Waals surface area contributed by atoms with Gasteiger partial charge in [-0.2, -0.15) is 11.3 Å². The lowest BCUT2D eigenvalue weighted by Gasteiger charge is -2.17. The number of aliphatic carboxylic acids is 1. The number of carboxylic acid groups (broad SMARTS) is 1. The molecule has 0 saturated carbocycles. The molecule has 1 unspecified atom stereocenters. The first kappa shape index (κ1) is 15.7. The van der Waals surface area contributed by atoms with Gasteiger partial charge in [-0.3, -0.25) is 9.59 Å². The molecule has 1 heterocycles. The zero-order valence-electron chi connectivity index (χ0n) is 11.6. The molecule has 0 saturated heterocycles. The van der Waals surface area contributed by atoms with E-state index in [1.807, 2.05) is 17.7 Å². The summed E-state index contributed by atoms with van der Waals surface area (Å²) in [6.45, 7) is 6.42. The number of carboxylic acids is 1. The van der Waals surface area contributed by atoms with Gasteiger partial charge < -0.3 is 10.4 Å². The predicted molar refractivity (Wildman–Crippen MR) is 76.6 cm³/mol. The third-order valence-electron chi connectivity index (χ3n) is 2.92. The van der Waals surface area contributed by atoms with Crippen molar-refractivity contribution in [2.24, 2.45) is 11.8 Å². The molecule has 0 fully saturated rings. The van der Waals surface area contributed by atoms with E-state index >= 15 is 0 Å². The summed E-state index contributed by atoms with van der Waals surface area (Å²) in [6.07, 6.45) is 0.899. The minimum Gasteiger partial charge on any atom is -0.481 e. The Morgan fingerprint density at radius 1 is 1.37 bits per heavy atom. The van der Waals surface area contributed by atoms with Crippen LogP contribution in [0.5, 0.6) is 0 Å². The van der Waals surface area contributed by atoms with E-state index in [2.05, 4.69) is 19.2 Å². The van der Waals surface area contributed by atoms with Gasteiger partial charge in [0.2, 0.25) is 0 Å². The molecule has 1 rings (SSSR count). The number of rotatable bonds is 7. The molecule has 0 aliphatic carbocycles. The second-order valence-corrected chi connectivity index (χ2v) is 6.02. The van der Waals surface area contributed by atoms with Crippen molar-refractivity contribution in [3.8, 4) is 0 Å². The Hall–Kier alpha value is -1.36. The first-order chi connectivity index (χ1) is 8.90. The van der Waals surface area contributed by atoms with Crippen molar-refractivity contribution in [3.05, 3.63) is 21.9 Å². The average molecular weight is 283 g/mol. The molecule has 19 heavy (non-hydrogen) atoms. The second-order valence-electron chi connectivity index (χ2n) is 5.27. The van der Waals surface area contributed by atoms with Crippen LogP contribution in [-0.4, -0.2) is 23.5 Å². The molecule has 1 amide bonds. The molecule has 4 nitrogen and oxygen atoms in total. The Morgan fingerprint density at radius 2 is 2.05 bits per heavy atom. The first-order valence-corrected chi connectivity index (χ1v) is 7.37. The molecule has 106 valence electrons. The van der Waals surface area contributed by atoms with E-state index in [1.54, 1.807) is 0 Å². The Morgan fingerprint density at radius 3 is 2.53 bits per heavy atom. The Kier molecular flexibility index (Phi) is 6.02. The highest BCUT2D eigenvalue weighted by molar-refractivity contribution is 7.08. The number of aryl methyl sites for hydroxylation is 1. The molecule has 1 atom stereocenters. The molecule has 0 aliphatic heterocycles. The normalized spacial score (nSPS) is 12.4. The number of thiophene rings is 1. The molecular formula is C14H21NO3S. The molecular weight excluding hydrogens is 262 g/mol. The number of amides is 1. The van der Waals surface area contributed by atoms with Crippen LogP contribution in [0.3, 0.4) is 0 Å². The number of carbonyl (C=O) groups excluding carboxylic acids is 1. The SMILES string of the molecule is Cc1cscc1C(=O)NCC(CC(=O)O)CC(C)C. The molecule has 5 heteroatoms. The van der Waals surface area contributed by atoms with Gasteiger partial charge in [-0.1, -0.05) is 13.8 Å². The lowest BCUT2D eigenvalue weighted by molar-refractivity contribution is -0.138. The quantitative estimate of drug-likeness (QED) is 0.808. The number of nitrogens with one attached hydrogen (secondary N) is 1. The van der Waals surface area contributed by atoms with Crippen LogP contribution >= 0.6 is 11.3 Å². The highest BCUT2D eigenvalue weighted by Crippen LogP contribution is 2.16. The summed E-state index contributed by atoms with van der Waals surface area (Å²) in [5.74, 6) is -0.519. The van der Waals surface area contributed by atoms with Gasteiger partial charge in [-0.05, 0) is 36.1 Å². The smallest absolute Gasteiger partial charge is 0.303 e. The summed E-state index contributed by atoms with van der Waals surface area (Å²) in [5.41, 5.74) is 1.64. The Balaban J connectivity index is 2.53. The van der Waals surface area contributed by atoms with Crippen molar-refractivity contribution >= 4 is 23.2 Å². The van der Waals surface area contributed by atoms with Crippen molar-refractivity contribution in [2.45, 2.75) is 33.6 Å². The van der Waals surface area contributed by atoms with Crippen LogP contribution in [0.2, 0.25) is 0 Å². The van der Waals surface area contributed by atoms with Gasteiger partial charge >= 0.3 is 5.97 Å². The van der Waals surface area contributed by atoms with Gasteiger partial charge in [0.25, 0.3) is 5.91 Å². The highest BCUT2D eigenvalue weighted by Gasteiger charge is 2.17. The van der Waals surface area contributed by atoms with Crippen LogP contribution < -0.4 is 5.32 Å². The Labute approximate surface area is 117 Å². The highest BCUT2D eigenvalue weighted by atomic mass is 32.1. The third-order valence-corrected chi connectivity index (χ3v) is 3.78. The summed E-state index contributed by atoms with van der Waals surface area (Å²) in [4.78, 5) is 22.8. The molecule has 0 spiro atoms. The maximum atomic E-state index is 12.0. The summed E-state index contributed by atoms with van der Waals surface area (Å²) in [7, 11) is 0. The van der Waals surface area contributed by atoms with Gasteiger partial charge in [0.15, 0.2) is 0 Å². The lowest BCUT2D eigenvalue weighted by Crippen LogP contribution is -2.31. The standard InChI is InChI=1S/C14H21NO3S/c1-9(2)4-11(5-13(16)17)6-15-14(18)12-8-19-7-10(12)3/h7-9,11H,4-6H2,1-3H3,(H,15,18)(H,16,17). The van der Waals surface area contributed by atoms with E-state index in [1.165, 1.54) is 11.3 Å². The van der Waals surface area contributed by atoms with E-state index < -0.39 is 5.97 Å². The topological polar surface area (TPSA) is 66.4 Å². The fourth-order valence-electron chi connectivity index (χ4n) is 2.08. The summed E-state index contributed by atoms with van der Waals surface area (Å²) in [6, 6.07) is 0. The molecule has 0 aliphatic rings. The van der Waals surface area contributed by atoms with Crippen molar-refractivity contribution in [3.63, 3.8) is 0 Å². The molecule has 2 N–H and O–H groups in total. The van der Waals surface area contributed by atoms with E-state index in [-0.39, 0.29) is 18.2 Å². The van der Waals surface area contributed by atoms with E-state index in [0.717, 1.165) is 12.0 Å². The first-order valence-electron chi connectivity index (χ1n) is 6.43. The van der Waals surface area contributed by atoms with E-state index in [0.29, 0.717) is 18.0 Å². The molecule has 1 aromatic heterocycles. The molecule has 1 aromatic rings. The zero-order chi connectivity index (χ0) is 14.4. The van der Waals surface area contributed by atoms with Crippen molar-refractivity contribution in [1.82, 2.24) is 5.32 Å². The van der Waals surface area contributed by atoms with Crippen LogP contribution in [0.15, 0.2) is 10.8 Å². The van der Waals surface area contributed by atoms with Gasteiger partial charge in [-0.25, -0.2) is 0 Å². The van der Waals surface area contributed by atoms with Gasteiger partial charge in [0.1, 0.15) is 0 Å². The average Bonchev–Trinajstić information content (AvgIpc) is 2.70. The van der Waals surface area contributed by atoms with Crippen LogP contribution in [-0.2, 0) is 4.79 Å². The predicted octanol–water partition coefficient (Wildman–Crippen LogP) is 2.92. The number of hydrogen-bond donors (Lipinski definition) is 2.